The van der Waals surface area contributed by atoms with Gasteiger partial charge in [0.1, 0.15) is 0 Å². The largest absolute Gasteiger partial charge is 0.330 e. The van der Waals surface area contributed by atoms with Crippen LogP contribution in [0.5, 0.6) is 0 Å². The summed E-state index contributed by atoms with van der Waals surface area (Å²) in [4.78, 5) is 2.65. The van der Waals surface area contributed by atoms with Crippen LogP contribution in [0.2, 0.25) is 0 Å². The maximum atomic E-state index is 5.70. The number of hydrogen-bond donors (Lipinski definition) is 1. The van der Waals surface area contributed by atoms with Crippen molar-refractivity contribution in [3.05, 3.63) is 35.9 Å². The summed E-state index contributed by atoms with van der Waals surface area (Å²) in [5.74, 6) is 1.33. The summed E-state index contributed by atoms with van der Waals surface area (Å²) in [5, 5.41) is 0.746. The summed E-state index contributed by atoms with van der Waals surface area (Å²) < 4.78 is 0. The molecule has 1 saturated heterocycles. The number of thioether (sulfide) groups is 1. The Balaban J connectivity index is 2.02. The Morgan fingerprint density at radius 2 is 2.11 bits per heavy atom. The minimum atomic E-state index is 0.713. The second-order valence-corrected chi connectivity index (χ2v) is 6.87. The van der Waals surface area contributed by atoms with Crippen LogP contribution in [0.15, 0.2) is 30.3 Å². The van der Waals surface area contributed by atoms with Crippen molar-refractivity contribution in [1.82, 2.24) is 4.90 Å². The third kappa shape index (κ3) is 4.51. The summed E-state index contributed by atoms with van der Waals surface area (Å²) in [6.07, 6.45) is 3.79. The van der Waals surface area contributed by atoms with Crippen molar-refractivity contribution in [2.75, 3.05) is 18.8 Å². The minimum Gasteiger partial charge on any atom is -0.330 e. The molecule has 0 aromatic heterocycles. The number of benzene rings is 1. The van der Waals surface area contributed by atoms with Crippen LogP contribution < -0.4 is 5.73 Å². The average molecular weight is 278 g/mol. The molecule has 106 valence electrons. The smallest absolute Gasteiger partial charge is 0.0237 e. The molecule has 0 saturated carbocycles. The molecule has 19 heavy (non-hydrogen) atoms. The predicted molar refractivity (Wildman–Crippen MR) is 85.5 cm³/mol. The highest BCUT2D eigenvalue weighted by molar-refractivity contribution is 7.99. The van der Waals surface area contributed by atoms with Gasteiger partial charge in [0, 0.05) is 24.4 Å². The van der Waals surface area contributed by atoms with E-state index in [2.05, 4.69) is 53.9 Å². The lowest BCUT2D eigenvalue weighted by Crippen LogP contribution is -2.43. The summed E-state index contributed by atoms with van der Waals surface area (Å²) in [6, 6.07) is 11.5. The van der Waals surface area contributed by atoms with Crippen LogP contribution in [0, 0.1) is 0 Å². The van der Waals surface area contributed by atoms with Crippen LogP contribution in [0.25, 0.3) is 0 Å². The first-order valence-electron chi connectivity index (χ1n) is 7.41. The topological polar surface area (TPSA) is 29.3 Å². The van der Waals surface area contributed by atoms with E-state index in [4.69, 9.17) is 5.73 Å². The minimum absolute atomic E-state index is 0.713. The van der Waals surface area contributed by atoms with Gasteiger partial charge in [0.2, 0.25) is 0 Å². The molecule has 2 atom stereocenters. The second-order valence-electron chi connectivity index (χ2n) is 5.38. The van der Waals surface area contributed by atoms with Gasteiger partial charge in [-0.15, -0.1) is 0 Å². The third-order valence-corrected chi connectivity index (χ3v) is 5.28. The summed E-state index contributed by atoms with van der Waals surface area (Å²) in [6.45, 7) is 5.37. The van der Waals surface area contributed by atoms with Crippen molar-refractivity contribution in [3.8, 4) is 0 Å². The molecule has 0 aliphatic carbocycles. The molecule has 1 fully saturated rings. The highest BCUT2D eigenvalue weighted by Crippen LogP contribution is 2.29. The Hall–Kier alpha value is -0.510. The Kier molecular flexibility index (Phi) is 6.21. The van der Waals surface area contributed by atoms with E-state index in [0.717, 1.165) is 31.3 Å². The Bertz CT molecular complexity index is 355. The number of rotatable bonds is 6. The number of hydrogen-bond acceptors (Lipinski definition) is 3. The van der Waals surface area contributed by atoms with Crippen molar-refractivity contribution < 1.29 is 0 Å². The molecule has 0 spiro atoms. The zero-order valence-electron chi connectivity index (χ0n) is 11.9. The van der Waals surface area contributed by atoms with E-state index in [1.165, 1.54) is 24.2 Å². The van der Waals surface area contributed by atoms with Crippen molar-refractivity contribution in [2.45, 2.75) is 44.0 Å². The molecule has 1 aromatic carbocycles. The summed E-state index contributed by atoms with van der Waals surface area (Å²) in [5.41, 5.74) is 7.12. The maximum Gasteiger partial charge on any atom is 0.0237 e. The molecule has 0 radical (unpaired) electrons. The van der Waals surface area contributed by atoms with Gasteiger partial charge < -0.3 is 5.73 Å². The molecule has 1 aliphatic rings. The van der Waals surface area contributed by atoms with Gasteiger partial charge >= 0.3 is 0 Å². The van der Waals surface area contributed by atoms with Crippen molar-refractivity contribution in [3.63, 3.8) is 0 Å². The van der Waals surface area contributed by atoms with Gasteiger partial charge in [-0.1, -0.05) is 37.3 Å². The molecule has 3 heteroatoms. The number of nitrogens with zero attached hydrogens (tertiary/aromatic N) is 1. The van der Waals surface area contributed by atoms with Crippen LogP contribution in [0.4, 0.5) is 0 Å². The van der Waals surface area contributed by atoms with Crippen LogP contribution in [0.3, 0.4) is 0 Å². The highest BCUT2D eigenvalue weighted by atomic mass is 32.2. The molecule has 2 unspecified atom stereocenters. The first-order valence-corrected chi connectivity index (χ1v) is 8.46. The monoisotopic (exact) mass is 278 g/mol. The number of nitrogens with two attached hydrogens (primary N) is 1. The fourth-order valence-electron chi connectivity index (χ4n) is 2.86. The van der Waals surface area contributed by atoms with Crippen LogP contribution >= 0.6 is 11.8 Å². The second kappa shape index (κ2) is 7.93. The molecule has 1 heterocycles. The van der Waals surface area contributed by atoms with E-state index in [9.17, 15) is 0 Å². The Labute approximate surface area is 121 Å². The molecule has 2 rings (SSSR count). The summed E-state index contributed by atoms with van der Waals surface area (Å²) >= 11 is 2.13. The maximum absolute atomic E-state index is 5.70. The van der Waals surface area contributed by atoms with Crippen molar-refractivity contribution in [2.24, 2.45) is 5.73 Å². The van der Waals surface area contributed by atoms with Gasteiger partial charge in [-0.25, -0.2) is 0 Å². The molecule has 1 aromatic rings. The van der Waals surface area contributed by atoms with E-state index in [-0.39, 0.29) is 0 Å². The van der Waals surface area contributed by atoms with Crippen molar-refractivity contribution in [1.29, 1.82) is 0 Å². The highest BCUT2D eigenvalue weighted by Gasteiger charge is 2.27. The molecule has 0 amide bonds. The molecule has 2 nitrogen and oxygen atoms in total. The van der Waals surface area contributed by atoms with Gasteiger partial charge in [-0.2, -0.15) is 11.8 Å². The fourth-order valence-corrected chi connectivity index (χ4v) is 4.10. The van der Waals surface area contributed by atoms with E-state index in [1.54, 1.807) is 0 Å². The van der Waals surface area contributed by atoms with Crippen molar-refractivity contribution >= 4 is 11.8 Å². The van der Waals surface area contributed by atoms with Crippen LogP contribution in [0.1, 0.15) is 31.7 Å². The van der Waals surface area contributed by atoms with E-state index in [0.29, 0.717) is 6.04 Å². The predicted octanol–water partition coefficient (Wildman–Crippen LogP) is 3.12. The van der Waals surface area contributed by atoms with E-state index >= 15 is 0 Å². The Morgan fingerprint density at radius 1 is 1.32 bits per heavy atom. The van der Waals surface area contributed by atoms with Crippen LogP contribution in [-0.4, -0.2) is 35.0 Å². The van der Waals surface area contributed by atoms with Gasteiger partial charge in [0.25, 0.3) is 0 Å². The van der Waals surface area contributed by atoms with E-state index in [1.807, 2.05) is 0 Å². The van der Waals surface area contributed by atoms with Gasteiger partial charge in [-0.05, 0) is 37.1 Å². The molecule has 1 aliphatic heterocycles. The van der Waals surface area contributed by atoms with Crippen LogP contribution in [-0.2, 0) is 6.54 Å². The average Bonchev–Trinajstić information content (AvgIpc) is 2.45. The Morgan fingerprint density at radius 3 is 2.79 bits per heavy atom. The zero-order valence-corrected chi connectivity index (χ0v) is 12.7. The van der Waals surface area contributed by atoms with Gasteiger partial charge in [0.05, 0.1) is 0 Å². The zero-order chi connectivity index (χ0) is 13.5. The normalized spacial score (nSPS) is 23.7. The SMILES string of the molecule is CC1SCCCC1N(CCCN)Cc1ccccc1. The van der Waals surface area contributed by atoms with Gasteiger partial charge in [-0.3, -0.25) is 4.90 Å². The lowest BCUT2D eigenvalue weighted by Gasteiger charge is -2.38. The van der Waals surface area contributed by atoms with Gasteiger partial charge in [0.15, 0.2) is 0 Å². The molecular formula is C16H26N2S. The first-order chi connectivity index (χ1) is 9.31. The fraction of sp³-hybridized carbons (Fsp3) is 0.625. The first kappa shape index (κ1) is 14.9. The quantitative estimate of drug-likeness (QED) is 0.867. The third-order valence-electron chi connectivity index (χ3n) is 3.91. The summed E-state index contributed by atoms with van der Waals surface area (Å²) in [7, 11) is 0. The molecular weight excluding hydrogens is 252 g/mol. The molecule has 2 N–H and O–H groups in total. The molecule has 0 bridgehead atoms. The standard InChI is InChI=1S/C16H26N2S/c1-14-16(9-5-12-19-14)18(11-6-10-17)13-15-7-3-2-4-8-15/h2-4,7-8,14,16H,5-6,9-13,17H2,1H3. The lowest BCUT2D eigenvalue weighted by molar-refractivity contribution is 0.172. The lowest BCUT2D eigenvalue weighted by atomic mass is 10.0. The van der Waals surface area contributed by atoms with E-state index < -0.39 is 0 Å².